The van der Waals surface area contributed by atoms with Gasteiger partial charge in [0.15, 0.2) is 0 Å². The summed E-state index contributed by atoms with van der Waals surface area (Å²) in [4.78, 5) is 30.8. The summed E-state index contributed by atoms with van der Waals surface area (Å²) in [6.07, 6.45) is 0.623. The number of rotatable bonds is 6. The molecule has 136 valence electrons. The normalized spacial score (nSPS) is 11.2. The Morgan fingerprint density at radius 2 is 2.04 bits per heavy atom. The second kappa shape index (κ2) is 7.53. The highest BCUT2D eigenvalue weighted by atomic mass is 16.5. The molecule has 0 spiro atoms. The largest absolute Gasteiger partial charge is 0.493 e. The number of amides is 1. The highest BCUT2D eigenvalue weighted by Crippen LogP contribution is 2.31. The lowest BCUT2D eigenvalue weighted by atomic mass is 10.1. The van der Waals surface area contributed by atoms with Gasteiger partial charge < -0.3 is 9.72 Å². The molecule has 0 fully saturated rings. The number of carbonyl (C=O) groups excluding carboxylic acids is 1. The second-order valence-electron chi connectivity index (χ2n) is 6.41. The van der Waals surface area contributed by atoms with E-state index in [2.05, 4.69) is 9.97 Å². The highest BCUT2D eigenvalue weighted by molar-refractivity contribution is 6.07. The molecule has 0 radical (unpaired) electrons. The average molecular weight is 355 g/mol. The van der Waals surface area contributed by atoms with Crippen LogP contribution in [-0.2, 0) is 4.79 Å². The lowest BCUT2D eigenvalue weighted by molar-refractivity contribution is -0.129. The molecular weight excluding hydrogens is 334 g/mol. The predicted molar refractivity (Wildman–Crippen MR) is 98.6 cm³/mol. The molecule has 0 unspecified atom stereocenters. The van der Waals surface area contributed by atoms with Gasteiger partial charge in [-0.2, -0.15) is 0 Å². The maximum atomic E-state index is 12.3. The summed E-state index contributed by atoms with van der Waals surface area (Å²) in [6.45, 7) is 4.18. The van der Waals surface area contributed by atoms with Gasteiger partial charge in [-0.3, -0.25) is 14.8 Å². The van der Waals surface area contributed by atoms with Crippen molar-refractivity contribution in [2.75, 3.05) is 6.61 Å². The van der Waals surface area contributed by atoms with Crippen molar-refractivity contribution in [2.45, 2.75) is 32.6 Å². The Morgan fingerprint density at radius 1 is 1.31 bits per heavy atom. The first kappa shape index (κ1) is 17.9. The van der Waals surface area contributed by atoms with E-state index in [0.717, 1.165) is 16.3 Å². The van der Waals surface area contributed by atoms with Gasteiger partial charge in [-0.25, -0.2) is 10.5 Å². The molecule has 1 amide bonds. The van der Waals surface area contributed by atoms with Crippen LogP contribution in [0.4, 0.5) is 0 Å². The van der Waals surface area contributed by atoms with Crippen molar-refractivity contribution in [3.63, 3.8) is 0 Å². The van der Waals surface area contributed by atoms with E-state index in [1.165, 1.54) is 0 Å². The smallest absolute Gasteiger partial charge is 0.270 e. The third-order valence-electron chi connectivity index (χ3n) is 4.17. The number of nitrogens with zero attached hydrogens (tertiary/aromatic N) is 1. The first-order valence-electron chi connectivity index (χ1n) is 8.52. The molecular formula is C19H21N3O4. The van der Waals surface area contributed by atoms with Gasteiger partial charge in [0, 0.05) is 29.2 Å². The minimum atomic E-state index is -0.452. The SMILES string of the molecule is CC(C)c1nc2c(cc(OCCCC(=O)NO)c3ccccc32)[nH]c1=O. The molecule has 3 N–H and O–H groups in total. The Bertz CT molecular complexity index is 1010. The van der Waals surface area contributed by atoms with Crippen LogP contribution in [0.5, 0.6) is 5.75 Å². The summed E-state index contributed by atoms with van der Waals surface area (Å²) < 4.78 is 5.83. The van der Waals surface area contributed by atoms with E-state index in [4.69, 9.17) is 9.94 Å². The minimum Gasteiger partial charge on any atom is -0.493 e. The van der Waals surface area contributed by atoms with Crippen molar-refractivity contribution in [2.24, 2.45) is 0 Å². The van der Waals surface area contributed by atoms with Crippen LogP contribution in [0.3, 0.4) is 0 Å². The maximum absolute atomic E-state index is 12.3. The van der Waals surface area contributed by atoms with E-state index in [0.29, 0.717) is 30.0 Å². The van der Waals surface area contributed by atoms with Gasteiger partial charge in [-0.15, -0.1) is 0 Å². The fraction of sp³-hybridized carbons (Fsp3) is 0.316. The molecule has 2 aromatic carbocycles. The average Bonchev–Trinajstić information content (AvgIpc) is 2.64. The molecule has 7 nitrogen and oxygen atoms in total. The maximum Gasteiger partial charge on any atom is 0.270 e. The molecule has 0 atom stereocenters. The fourth-order valence-corrected chi connectivity index (χ4v) is 2.88. The van der Waals surface area contributed by atoms with Gasteiger partial charge in [0.2, 0.25) is 5.91 Å². The topological polar surface area (TPSA) is 104 Å². The first-order chi connectivity index (χ1) is 12.5. The molecule has 0 aliphatic rings. The Kier molecular flexibility index (Phi) is 5.18. The number of ether oxygens (including phenoxy) is 1. The summed E-state index contributed by atoms with van der Waals surface area (Å²) in [7, 11) is 0. The van der Waals surface area contributed by atoms with Gasteiger partial charge in [0.25, 0.3) is 5.56 Å². The van der Waals surface area contributed by atoms with E-state index in [-0.39, 0.29) is 17.9 Å². The molecule has 0 aliphatic carbocycles. The summed E-state index contributed by atoms with van der Waals surface area (Å²) in [5.41, 5.74) is 3.25. The van der Waals surface area contributed by atoms with Crippen LogP contribution in [-0.4, -0.2) is 27.7 Å². The van der Waals surface area contributed by atoms with Crippen LogP contribution in [0, 0.1) is 0 Å². The molecule has 1 heterocycles. The number of benzene rings is 2. The summed E-state index contributed by atoms with van der Waals surface area (Å²) in [6, 6.07) is 9.47. The Labute approximate surface area is 150 Å². The quantitative estimate of drug-likeness (QED) is 0.273. The summed E-state index contributed by atoms with van der Waals surface area (Å²) in [5.74, 6) is 0.189. The molecule has 0 saturated carbocycles. The third kappa shape index (κ3) is 3.52. The van der Waals surface area contributed by atoms with Crippen molar-refractivity contribution < 1.29 is 14.7 Å². The fourth-order valence-electron chi connectivity index (χ4n) is 2.88. The zero-order valence-electron chi connectivity index (χ0n) is 14.7. The molecule has 0 saturated heterocycles. The van der Waals surface area contributed by atoms with Crippen LogP contribution in [0.2, 0.25) is 0 Å². The van der Waals surface area contributed by atoms with Gasteiger partial charge >= 0.3 is 0 Å². The van der Waals surface area contributed by atoms with Gasteiger partial charge in [0.05, 0.1) is 17.6 Å². The van der Waals surface area contributed by atoms with Crippen LogP contribution in [0.15, 0.2) is 35.1 Å². The number of nitrogens with one attached hydrogen (secondary N) is 2. The van der Waals surface area contributed by atoms with Gasteiger partial charge in [0.1, 0.15) is 11.4 Å². The summed E-state index contributed by atoms with van der Waals surface area (Å²) >= 11 is 0. The van der Waals surface area contributed by atoms with Crippen molar-refractivity contribution in [3.05, 3.63) is 46.4 Å². The van der Waals surface area contributed by atoms with Crippen molar-refractivity contribution in [1.29, 1.82) is 0 Å². The second-order valence-corrected chi connectivity index (χ2v) is 6.41. The molecule has 0 bridgehead atoms. The Morgan fingerprint density at radius 3 is 2.73 bits per heavy atom. The molecule has 1 aromatic heterocycles. The van der Waals surface area contributed by atoms with Gasteiger partial charge in [-0.1, -0.05) is 38.1 Å². The van der Waals surface area contributed by atoms with E-state index in [1.807, 2.05) is 38.1 Å². The van der Waals surface area contributed by atoms with Crippen LogP contribution >= 0.6 is 0 Å². The number of H-pyrrole nitrogens is 1. The Balaban J connectivity index is 2.02. The van der Waals surface area contributed by atoms with Crippen LogP contribution < -0.4 is 15.8 Å². The van der Waals surface area contributed by atoms with Crippen molar-refractivity contribution >= 4 is 27.7 Å². The molecule has 7 heteroatoms. The minimum absolute atomic E-state index is 0.0236. The van der Waals surface area contributed by atoms with Crippen LogP contribution in [0.1, 0.15) is 38.3 Å². The van der Waals surface area contributed by atoms with Crippen LogP contribution in [0.25, 0.3) is 21.8 Å². The monoisotopic (exact) mass is 355 g/mol. The first-order valence-corrected chi connectivity index (χ1v) is 8.52. The zero-order valence-corrected chi connectivity index (χ0v) is 14.7. The Hall–Kier alpha value is -2.93. The lowest BCUT2D eigenvalue weighted by Gasteiger charge is -2.13. The van der Waals surface area contributed by atoms with Crippen molar-refractivity contribution in [1.82, 2.24) is 15.4 Å². The van der Waals surface area contributed by atoms with Gasteiger partial charge in [-0.05, 0) is 6.42 Å². The molecule has 3 aromatic rings. The van der Waals surface area contributed by atoms with Crippen molar-refractivity contribution in [3.8, 4) is 5.75 Å². The lowest BCUT2D eigenvalue weighted by Crippen LogP contribution is -2.18. The predicted octanol–water partition coefficient (Wildman–Crippen LogP) is 2.86. The number of carbonyl (C=O) groups is 1. The standard InChI is InChI=1S/C19H21N3O4/c1-11(2)17-19(24)20-14-10-15(26-9-5-8-16(23)22-25)12-6-3-4-7-13(12)18(14)21-17/h3-4,6-7,10-11,25H,5,8-9H2,1-2H3,(H,20,24)(H,22,23). The number of fused-ring (bicyclic) bond motifs is 3. The van der Waals surface area contributed by atoms with E-state index in [9.17, 15) is 9.59 Å². The molecule has 26 heavy (non-hydrogen) atoms. The number of hydrogen-bond acceptors (Lipinski definition) is 5. The zero-order chi connectivity index (χ0) is 18.7. The molecule has 0 aliphatic heterocycles. The van der Waals surface area contributed by atoms with E-state index in [1.54, 1.807) is 11.5 Å². The number of hydroxylamine groups is 1. The number of hydrogen-bond donors (Lipinski definition) is 3. The number of aromatic amines is 1. The van der Waals surface area contributed by atoms with E-state index < -0.39 is 5.91 Å². The number of aromatic nitrogens is 2. The summed E-state index contributed by atoms with van der Waals surface area (Å²) in [5, 5.41) is 10.3. The molecule has 3 rings (SSSR count). The highest BCUT2D eigenvalue weighted by Gasteiger charge is 2.14. The third-order valence-corrected chi connectivity index (χ3v) is 4.17. The van der Waals surface area contributed by atoms with E-state index >= 15 is 0 Å².